The molecule has 0 spiro atoms. The number of aromatic hydroxyl groups is 1. The first-order valence-electron chi connectivity index (χ1n) is 12.1. The fraction of sp³-hybridized carbons (Fsp3) is 0.385. The molecular weight excluding hydrogens is 442 g/mol. The number of anilines is 3. The number of para-hydroxylation sites is 1. The summed E-state index contributed by atoms with van der Waals surface area (Å²) in [7, 11) is 0. The number of carbonyl (C=O) groups excluding carboxylic acids is 1. The highest BCUT2D eigenvalue weighted by atomic mass is 16.3. The van der Waals surface area contributed by atoms with E-state index in [2.05, 4.69) is 50.0 Å². The van der Waals surface area contributed by atoms with Crippen LogP contribution in [0.2, 0.25) is 0 Å². The molecule has 1 aliphatic rings. The van der Waals surface area contributed by atoms with Crippen LogP contribution in [0.4, 0.5) is 17.8 Å². The molecule has 9 heteroatoms. The fourth-order valence-corrected chi connectivity index (χ4v) is 4.35. The predicted molar refractivity (Wildman–Crippen MR) is 137 cm³/mol. The van der Waals surface area contributed by atoms with Crippen LogP contribution in [-0.2, 0) is 11.3 Å². The van der Waals surface area contributed by atoms with Crippen molar-refractivity contribution in [3.63, 3.8) is 0 Å². The van der Waals surface area contributed by atoms with Crippen molar-refractivity contribution in [3.05, 3.63) is 65.7 Å². The molecule has 35 heavy (non-hydrogen) atoms. The van der Waals surface area contributed by atoms with Crippen LogP contribution in [0.15, 0.2) is 54.6 Å². The minimum Gasteiger partial charge on any atom is -0.508 e. The molecule has 1 aliphatic carbocycles. The third kappa shape index (κ3) is 6.81. The second kappa shape index (κ2) is 11.5. The first-order chi connectivity index (χ1) is 17.0. The van der Waals surface area contributed by atoms with Crippen molar-refractivity contribution >= 4 is 23.8 Å². The van der Waals surface area contributed by atoms with Crippen LogP contribution in [0, 0.1) is 5.92 Å². The van der Waals surface area contributed by atoms with Gasteiger partial charge in [-0.05, 0) is 43.2 Å². The number of rotatable bonds is 9. The molecule has 1 saturated carbocycles. The maximum absolute atomic E-state index is 12.6. The Morgan fingerprint density at radius 1 is 1.00 bits per heavy atom. The maximum Gasteiger partial charge on any atom is 0.229 e. The predicted octanol–water partition coefficient (Wildman–Crippen LogP) is 3.66. The van der Waals surface area contributed by atoms with Crippen LogP contribution in [0.1, 0.15) is 49.7 Å². The number of aromatic nitrogens is 3. The Kier molecular flexibility index (Phi) is 7.97. The zero-order valence-electron chi connectivity index (χ0n) is 19.9. The number of carbonyl (C=O) groups is 1. The number of phenolic OH excluding ortho intramolecular Hbond substituents is 1. The van der Waals surface area contributed by atoms with Gasteiger partial charge in [-0.15, -0.1) is 0 Å². The van der Waals surface area contributed by atoms with Gasteiger partial charge in [0, 0.05) is 30.6 Å². The second-order valence-corrected chi connectivity index (χ2v) is 9.07. The molecule has 1 fully saturated rings. The number of amides is 1. The van der Waals surface area contributed by atoms with Crippen molar-refractivity contribution in [1.29, 1.82) is 0 Å². The fourth-order valence-electron chi connectivity index (χ4n) is 4.35. The maximum atomic E-state index is 12.6. The Hall–Kier alpha value is -3.88. The van der Waals surface area contributed by atoms with Crippen LogP contribution in [0.3, 0.4) is 0 Å². The van der Waals surface area contributed by atoms with Crippen molar-refractivity contribution in [3.8, 4) is 5.75 Å². The summed E-state index contributed by atoms with van der Waals surface area (Å²) >= 11 is 0. The summed E-state index contributed by atoms with van der Waals surface area (Å²) in [5.74, 6) is 1.52. The van der Waals surface area contributed by atoms with Gasteiger partial charge < -0.3 is 26.8 Å². The molecule has 1 atom stereocenters. The smallest absolute Gasteiger partial charge is 0.229 e. The van der Waals surface area contributed by atoms with E-state index in [0.717, 1.165) is 25.7 Å². The first-order valence-corrected chi connectivity index (χ1v) is 12.1. The molecule has 0 bridgehead atoms. The van der Waals surface area contributed by atoms with Gasteiger partial charge >= 0.3 is 0 Å². The quantitative estimate of drug-likeness (QED) is 0.316. The highest BCUT2D eigenvalue weighted by Gasteiger charge is 2.27. The molecule has 1 aromatic heterocycles. The van der Waals surface area contributed by atoms with Gasteiger partial charge in [-0.2, -0.15) is 15.0 Å². The number of nitrogens with one attached hydrogen (secondary N) is 3. The lowest BCUT2D eigenvalue weighted by atomic mass is 9.85. The van der Waals surface area contributed by atoms with E-state index < -0.39 is 0 Å². The average Bonchev–Trinajstić information content (AvgIpc) is 2.87. The summed E-state index contributed by atoms with van der Waals surface area (Å²) in [6.45, 7) is 3.14. The standard InChI is InChI=1S/C26H33N7O2/c1-17(18-7-3-2-4-8-18)15-29-25-31-24(27)32-26(33-25)30-21-13-11-19(12-14-21)23(35)28-16-20-9-5-6-10-22(20)34/h2-10,17,19,21,34H,11-16H2,1H3,(H,28,35)(H4,27,29,30,31,32,33). The highest BCUT2D eigenvalue weighted by Crippen LogP contribution is 2.27. The Balaban J connectivity index is 1.25. The minimum absolute atomic E-state index is 0.0233. The van der Waals surface area contributed by atoms with Crippen LogP contribution < -0.4 is 21.7 Å². The van der Waals surface area contributed by atoms with Crippen molar-refractivity contribution in [2.24, 2.45) is 5.92 Å². The highest BCUT2D eigenvalue weighted by molar-refractivity contribution is 5.78. The summed E-state index contributed by atoms with van der Waals surface area (Å²) in [6.07, 6.45) is 3.19. The number of hydrogen-bond donors (Lipinski definition) is 5. The zero-order valence-corrected chi connectivity index (χ0v) is 19.9. The van der Waals surface area contributed by atoms with Crippen LogP contribution in [0.25, 0.3) is 0 Å². The summed E-state index contributed by atoms with van der Waals surface area (Å²) < 4.78 is 0. The molecule has 9 nitrogen and oxygen atoms in total. The molecular formula is C26H33N7O2. The van der Waals surface area contributed by atoms with Gasteiger partial charge in [-0.25, -0.2) is 0 Å². The Morgan fingerprint density at radius 3 is 2.43 bits per heavy atom. The van der Waals surface area contributed by atoms with Crippen LogP contribution >= 0.6 is 0 Å². The molecule has 2 aromatic carbocycles. The molecule has 0 radical (unpaired) electrons. The van der Waals surface area contributed by atoms with E-state index in [1.165, 1.54) is 5.56 Å². The summed E-state index contributed by atoms with van der Waals surface area (Å²) in [6, 6.07) is 17.5. The van der Waals surface area contributed by atoms with Gasteiger partial charge in [0.25, 0.3) is 0 Å². The number of nitrogen functional groups attached to an aromatic ring is 1. The van der Waals surface area contributed by atoms with E-state index in [1.54, 1.807) is 12.1 Å². The molecule has 6 N–H and O–H groups in total. The van der Waals surface area contributed by atoms with E-state index in [9.17, 15) is 9.90 Å². The third-order valence-corrected chi connectivity index (χ3v) is 6.46. The third-order valence-electron chi connectivity index (χ3n) is 6.46. The number of nitrogens with zero attached hydrogens (tertiary/aromatic N) is 3. The lowest BCUT2D eigenvalue weighted by molar-refractivity contribution is -0.126. The summed E-state index contributed by atoms with van der Waals surface area (Å²) in [5.41, 5.74) is 7.87. The van der Waals surface area contributed by atoms with Gasteiger partial charge in [0.15, 0.2) is 0 Å². The van der Waals surface area contributed by atoms with Crippen molar-refractivity contribution < 1.29 is 9.90 Å². The summed E-state index contributed by atoms with van der Waals surface area (Å²) in [5, 5.41) is 19.4. The van der Waals surface area contributed by atoms with E-state index in [-0.39, 0.29) is 35.5 Å². The molecule has 1 amide bonds. The number of hydrogen-bond acceptors (Lipinski definition) is 8. The first kappa shape index (κ1) is 24.3. The van der Waals surface area contributed by atoms with Crippen molar-refractivity contribution in [2.75, 3.05) is 22.9 Å². The average molecular weight is 476 g/mol. The van der Waals surface area contributed by atoms with Crippen molar-refractivity contribution in [2.45, 2.75) is 51.1 Å². The SMILES string of the molecule is CC(CNc1nc(N)nc(NC2CCC(C(=O)NCc3ccccc3O)CC2)n1)c1ccccc1. The van der Waals surface area contributed by atoms with Gasteiger partial charge in [-0.1, -0.05) is 55.5 Å². The van der Waals surface area contributed by atoms with Gasteiger partial charge in [0.1, 0.15) is 5.75 Å². The minimum atomic E-state index is -0.0426. The molecule has 1 unspecified atom stereocenters. The Morgan fingerprint density at radius 2 is 1.69 bits per heavy atom. The number of benzene rings is 2. The molecule has 184 valence electrons. The monoisotopic (exact) mass is 475 g/mol. The molecule has 0 saturated heterocycles. The normalized spacial score (nSPS) is 18.4. The second-order valence-electron chi connectivity index (χ2n) is 9.07. The molecule has 4 rings (SSSR count). The molecule has 0 aliphatic heterocycles. The van der Waals surface area contributed by atoms with E-state index in [0.29, 0.717) is 30.5 Å². The lowest BCUT2D eigenvalue weighted by Crippen LogP contribution is -2.36. The topological polar surface area (TPSA) is 138 Å². The number of phenols is 1. The molecule has 1 heterocycles. The van der Waals surface area contributed by atoms with Gasteiger partial charge in [0.2, 0.25) is 23.8 Å². The van der Waals surface area contributed by atoms with Crippen LogP contribution in [0.5, 0.6) is 5.75 Å². The summed E-state index contributed by atoms with van der Waals surface area (Å²) in [4.78, 5) is 25.5. The van der Waals surface area contributed by atoms with E-state index in [1.807, 2.05) is 30.3 Å². The van der Waals surface area contributed by atoms with Crippen LogP contribution in [-0.4, -0.2) is 38.6 Å². The van der Waals surface area contributed by atoms with E-state index >= 15 is 0 Å². The zero-order chi connectivity index (χ0) is 24.6. The van der Waals surface area contributed by atoms with Gasteiger partial charge in [-0.3, -0.25) is 4.79 Å². The largest absolute Gasteiger partial charge is 0.508 e. The Bertz CT molecular complexity index is 1120. The van der Waals surface area contributed by atoms with E-state index in [4.69, 9.17) is 5.73 Å². The molecule has 3 aromatic rings. The number of nitrogens with two attached hydrogens (primary N) is 1. The Labute approximate surface area is 205 Å². The van der Waals surface area contributed by atoms with Gasteiger partial charge in [0.05, 0.1) is 0 Å². The van der Waals surface area contributed by atoms with Crippen molar-refractivity contribution in [1.82, 2.24) is 20.3 Å². The lowest BCUT2D eigenvalue weighted by Gasteiger charge is -2.28.